The Balaban J connectivity index is 1.47. The van der Waals surface area contributed by atoms with E-state index in [4.69, 9.17) is 0 Å². The number of likely N-dealkylation sites (tertiary alicyclic amines) is 1. The highest BCUT2D eigenvalue weighted by Gasteiger charge is 2.22. The Kier molecular flexibility index (Phi) is 6.63. The molecule has 1 N–H and O–H groups in total. The van der Waals surface area contributed by atoms with Crippen LogP contribution in [-0.4, -0.2) is 37.9 Å². The lowest BCUT2D eigenvalue weighted by Crippen LogP contribution is -2.38. The Morgan fingerprint density at radius 2 is 1.85 bits per heavy atom. The van der Waals surface area contributed by atoms with Gasteiger partial charge in [-0.25, -0.2) is 13.1 Å². The first-order valence-electron chi connectivity index (χ1n) is 9.65. The average molecular weight is 388 g/mol. The lowest BCUT2D eigenvalue weighted by atomic mass is 9.97. The van der Waals surface area contributed by atoms with Crippen molar-refractivity contribution in [1.29, 1.82) is 0 Å². The summed E-state index contributed by atoms with van der Waals surface area (Å²) in [4.78, 5) is 6.92. The monoisotopic (exact) mass is 387 g/mol. The molecule has 0 saturated carbocycles. The fourth-order valence-corrected chi connectivity index (χ4v) is 4.56. The van der Waals surface area contributed by atoms with E-state index in [1.54, 1.807) is 18.3 Å². The molecule has 146 valence electrons. The van der Waals surface area contributed by atoms with Gasteiger partial charge in [0.2, 0.25) is 10.0 Å². The van der Waals surface area contributed by atoms with Crippen LogP contribution in [-0.2, 0) is 16.6 Å². The van der Waals surface area contributed by atoms with Gasteiger partial charge in [0.05, 0.1) is 4.90 Å². The molecule has 2 aromatic rings. The van der Waals surface area contributed by atoms with Crippen LogP contribution in [0.15, 0.2) is 53.7 Å². The van der Waals surface area contributed by atoms with Crippen molar-refractivity contribution in [2.75, 3.05) is 19.6 Å². The number of sulfonamides is 1. The zero-order chi connectivity index (χ0) is 19.3. The zero-order valence-electron chi connectivity index (χ0n) is 16.1. The minimum Gasteiger partial charge on any atom is -0.299 e. The number of rotatable bonds is 7. The standard InChI is InChI=1S/C21H29N3O2S/c1-17(2)20-5-7-21(8-6-20)27(25,26)23-15-18-9-12-24(13-10-18)16-19-4-3-11-22-14-19/h3-8,11,14,17-18,23H,9-10,12-13,15-16H2,1-2H3. The molecule has 0 bridgehead atoms. The SMILES string of the molecule is CC(C)c1ccc(S(=O)(=O)NCC2CCN(Cc3cccnc3)CC2)cc1. The molecule has 6 heteroatoms. The maximum Gasteiger partial charge on any atom is 0.240 e. The molecule has 3 rings (SSSR count). The van der Waals surface area contributed by atoms with Crippen molar-refractivity contribution >= 4 is 10.0 Å². The highest BCUT2D eigenvalue weighted by atomic mass is 32.2. The lowest BCUT2D eigenvalue weighted by Gasteiger charge is -2.31. The van der Waals surface area contributed by atoms with Gasteiger partial charge in [0.1, 0.15) is 0 Å². The molecule has 0 unspecified atom stereocenters. The summed E-state index contributed by atoms with van der Waals surface area (Å²) in [6, 6.07) is 11.3. The van der Waals surface area contributed by atoms with E-state index in [1.807, 2.05) is 24.4 Å². The average Bonchev–Trinajstić information content (AvgIpc) is 2.68. The van der Waals surface area contributed by atoms with E-state index in [0.29, 0.717) is 23.3 Å². The van der Waals surface area contributed by atoms with Gasteiger partial charge < -0.3 is 0 Å². The van der Waals surface area contributed by atoms with Gasteiger partial charge in [-0.3, -0.25) is 9.88 Å². The summed E-state index contributed by atoms with van der Waals surface area (Å²) in [5.41, 5.74) is 2.37. The number of benzene rings is 1. The maximum absolute atomic E-state index is 12.5. The van der Waals surface area contributed by atoms with Crippen LogP contribution >= 0.6 is 0 Å². The molecule has 1 aliphatic rings. The molecule has 0 amide bonds. The Morgan fingerprint density at radius 3 is 2.44 bits per heavy atom. The fraction of sp³-hybridized carbons (Fsp3) is 0.476. The highest BCUT2D eigenvalue weighted by Crippen LogP contribution is 2.20. The smallest absolute Gasteiger partial charge is 0.240 e. The lowest BCUT2D eigenvalue weighted by molar-refractivity contribution is 0.178. The van der Waals surface area contributed by atoms with Gasteiger partial charge >= 0.3 is 0 Å². The highest BCUT2D eigenvalue weighted by molar-refractivity contribution is 7.89. The van der Waals surface area contributed by atoms with Crippen LogP contribution in [0.5, 0.6) is 0 Å². The van der Waals surface area contributed by atoms with Gasteiger partial charge in [-0.1, -0.05) is 32.0 Å². The number of hydrogen-bond donors (Lipinski definition) is 1. The van der Waals surface area contributed by atoms with Gasteiger partial charge in [-0.15, -0.1) is 0 Å². The molecule has 0 atom stereocenters. The Bertz CT molecular complexity index is 812. The van der Waals surface area contributed by atoms with Crippen molar-refractivity contribution in [1.82, 2.24) is 14.6 Å². The molecule has 27 heavy (non-hydrogen) atoms. The molecule has 0 aliphatic carbocycles. The van der Waals surface area contributed by atoms with E-state index in [-0.39, 0.29) is 0 Å². The normalized spacial score (nSPS) is 16.7. The molecule has 1 aliphatic heterocycles. The Labute approximate surface area is 162 Å². The van der Waals surface area contributed by atoms with Crippen molar-refractivity contribution in [3.63, 3.8) is 0 Å². The molecule has 0 spiro atoms. The van der Waals surface area contributed by atoms with Crippen molar-refractivity contribution in [3.8, 4) is 0 Å². The van der Waals surface area contributed by atoms with Crippen molar-refractivity contribution in [2.45, 2.75) is 44.0 Å². The number of hydrogen-bond acceptors (Lipinski definition) is 4. The number of nitrogens with one attached hydrogen (secondary N) is 1. The molecule has 1 aromatic carbocycles. The first-order valence-corrected chi connectivity index (χ1v) is 11.1. The summed E-state index contributed by atoms with van der Waals surface area (Å²) >= 11 is 0. The second-order valence-electron chi connectivity index (χ2n) is 7.66. The van der Waals surface area contributed by atoms with Crippen molar-refractivity contribution in [3.05, 3.63) is 59.9 Å². The summed E-state index contributed by atoms with van der Waals surface area (Å²) in [5.74, 6) is 0.784. The van der Waals surface area contributed by atoms with E-state index >= 15 is 0 Å². The third kappa shape index (κ3) is 5.61. The number of nitrogens with zero attached hydrogens (tertiary/aromatic N) is 2. The predicted octanol–water partition coefficient (Wildman–Crippen LogP) is 3.40. The van der Waals surface area contributed by atoms with Crippen LogP contribution < -0.4 is 4.72 Å². The first kappa shape index (κ1) is 20.0. The minimum atomic E-state index is -3.44. The predicted molar refractivity (Wildman–Crippen MR) is 108 cm³/mol. The van der Waals surface area contributed by atoms with E-state index in [1.165, 1.54) is 5.56 Å². The van der Waals surface area contributed by atoms with Crippen LogP contribution in [0.3, 0.4) is 0 Å². The fourth-order valence-electron chi connectivity index (χ4n) is 3.44. The molecule has 5 nitrogen and oxygen atoms in total. The van der Waals surface area contributed by atoms with Crippen LogP contribution in [0.4, 0.5) is 0 Å². The third-order valence-corrected chi connectivity index (χ3v) is 6.69. The van der Waals surface area contributed by atoms with E-state index in [0.717, 1.165) is 38.0 Å². The number of piperidine rings is 1. The summed E-state index contributed by atoms with van der Waals surface area (Å²) in [6.07, 6.45) is 5.72. The Morgan fingerprint density at radius 1 is 1.15 bits per heavy atom. The van der Waals surface area contributed by atoms with Gasteiger partial charge in [-0.05, 0) is 67.1 Å². The van der Waals surface area contributed by atoms with Gasteiger partial charge in [0.25, 0.3) is 0 Å². The Hall–Kier alpha value is -1.76. The van der Waals surface area contributed by atoms with Crippen LogP contribution in [0.25, 0.3) is 0 Å². The molecule has 1 fully saturated rings. The molecule has 1 aromatic heterocycles. The largest absolute Gasteiger partial charge is 0.299 e. The summed E-state index contributed by atoms with van der Waals surface area (Å²) in [6.45, 7) is 7.60. The number of pyridine rings is 1. The molecule has 1 saturated heterocycles. The van der Waals surface area contributed by atoms with Crippen molar-refractivity contribution < 1.29 is 8.42 Å². The second-order valence-corrected chi connectivity index (χ2v) is 9.42. The van der Waals surface area contributed by atoms with Gasteiger partial charge in [-0.2, -0.15) is 0 Å². The van der Waals surface area contributed by atoms with Gasteiger partial charge in [0, 0.05) is 25.5 Å². The third-order valence-electron chi connectivity index (χ3n) is 5.26. The van der Waals surface area contributed by atoms with E-state index < -0.39 is 10.0 Å². The molecule has 0 radical (unpaired) electrons. The van der Waals surface area contributed by atoms with E-state index in [2.05, 4.69) is 34.5 Å². The zero-order valence-corrected chi connectivity index (χ0v) is 17.0. The van der Waals surface area contributed by atoms with Crippen LogP contribution in [0.2, 0.25) is 0 Å². The summed E-state index contributed by atoms with van der Waals surface area (Å²) in [7, 11) is -3.44. The van der Waals surface area contributed by atoms with E-state index in [9.17, 15) is 8.42 Å². The van der Waals surface area contributed by atoms with Crippen molar-refractivity contribution in [2.24, 2.45) is 5.92 Å². The topological polar surface area (TPSA) is 62.3 Å². The van der Waals surface area contributed by atoms with Crippen LogP contribution in [0.1, 0.15) is 43.7 Å². The quantitative estimate of drug-likeness (QED) is 0.791. The molecule has 2 heterocycles. The minimum absolute atomic E-state index is 0.348. The first-order chi connectivity index (χ1) is 12.9. The summed E-state index contributed by atoms with van der Waals surface area (Å²) < 4.78 is 27.9. The van der Waals surface area contributed by atoms with Crippen LogP contribution in [0, 0.1) is 5.92 Å². The summed E-state index contributed by atoms with van der Waals surface area (Å²) in [5, 5.41) is 0. The molecular weight excluding hydrogens is 358 g/mol. The maximum atomic E-state index is 12.5. The van der Waals surface area contributed by atoms with Gasteiger partial charge in [0.15, 0.2) is 0 Å². The second kappa shape index (κ2) is 8.95. The number of aromatic nitrogens is 1. The molecular formula is C21H29N3O2S.